The van der Waals surface area contributed by atoms with Crippen LogP contribution in [0.4, 0.5) is 0 Å². The summed E-state index contributed by atoms with van der Waals surface area (Å²) in [5.41, 5.74) is 0. The molecule has 6 atom stereocenters. The van der Waals surface area contributed by atoms with Crippen molar-refractivity contribution in [1.82, 2.24) is 10.6 Å². The van der Waals surface area contributed by atoms with Crippen LogP contribution in [-0.4, -0.2) is 24.0 Å². The smallest absolute Gasteiger partial charge is 0.237 e. The Morgan fingerprint density at radius 3 is 2.50 bits per heavy atom. The fourth-order valence-electron chi connectivity index (χ4n) is 5.23. The highest BCUT2D eigenvalue weighted by Crippen LogP contribution is 2.44. The molecule has 4 heteroatoms. The van der Waals surface area contributed by atoms with Gasteiger partial charge in [-0.25, -0.2) is 0 Å². The first-order valence-electron chi connectivity index (χ1n) is 8.36. The molecule has 3 aliphatic carbocycles. The predicted octanol–water partition coefficient (Wildman–Crippen LogP) is 2.63. The Balaban J connectivity index is 0.00000121. The largest absolute Gasteiger partial charge is 0.352 e. The quantitative estimate of drug-likeness (QED) is 0.823. The van der Waals surface area contributed by atoms with Gasteiger partial charge in [-0.2, -0.15) is 0 Å². The fourth-order valence-corrected chi connectivity index (χ4v) is 5.23. The molecule has 4 fully saturated rings. The van der Waals surface area contributed by atoms with Crippen LogP contribution in [0.15, 0.2) is 0 Å². The third-order valence-electron chi connectivity index (χ3n) is 6.25. The van der Waals surface area contributed by atoms with Crippen molar-refractivity contribution in [3.05, 3.63) is 0 Å². The molecule has 1 aliphatic heterocycles. The van der Waals surface area contributed by atoms with Crippen LogP contribution in [-0.2, 0) is 4.79 Å². The summed E-state index contributed by atoms with van der Waals surface area (Å²) in [7, 11) is 0. The zero-order valence-corrected chi connectivity index (χ0v) is 13.0. The molecule has 1 saturated heterocycles. The lowest BCUT2D eigenvalue weighted by Gasteiger charge is -2.25. The summed E-state index contributed by atoms with van der Waals surface area (Å²) in [5.74, 6) is 2.77. The SMILES string of the molecule is Cl.O=C(NC1CC2CCC1C2)C1CC2CCCCC2N1. The topological polar surface area (TPSA) is 41.1 Å². The van der Waals surface area contributed by atoms with Gasteiger partial charge in [0.05, 0.1) is 6.04 Å². The molecule has 3 nitrogen and oxygen atoms in total. The normalized spacial score (nSPS) is 45.8. The summed E-state index contributed by atoms with van der Waals surface area (Å²) in [6.45, 7) is 0. The van der Waals surface area contributed by atoms with Crippen LogP contribution in [0.1, 0.15) is 57.8 Å². The van der Waals surface area contributed by atoms with Crippen LogP contribution in [0.2, 0.25) is 0 Å². The molecule has 4 rings (SSSR count). The van der Waals surface area contributed by atoms with Crippen LogP contribution in [0.5, 0.6) is 0 Å². The first-order valence-corrected chi connectivity index (χ1v) is 8.36. The Morgan fingerprint density at radius 2 is 1.80 bits per heavy atom. The van der Waals surface area contributed by atoms with E-state index in [9.17, 15) is 4.79 Å². The van der Waals surface area contributed by atoms with Crippen molar-refractivity contribution in [2.24, 2.45) is 17.8 Å². The molecule has 2 bridgehead atoms. The predicted molar refractivity (Wildman–Crippen MR) is 81.9 cm³/mol. The van der Waals surface area contributed by atoms with Crippen molar-refractivity contribution in [3.8, 4) is 0 Å². The molecule has 1 amide bonds. The Kier molecular flexibility index (Phi) is 4.28. The van der Waals surface area contributed by atoms with E-state index in [0.29, 0.717) is 18.0 Å². The van der Waals surface area contributed by atoms with Crippen LogP contribution < -0.4 is 10.6 Å². The van der Waals surface area contributed by atoms with Gasteiger partial charge in [-0.3, -0.25) is 4.79 Å². The second-order valence-electron chi connectivity index (χ2n) is 7.40. The van der Waals surface area contributed by atoms with E-state index in [1.165, 1.54) is 51.4 Å². The van der Waals surface area contributed by atoms with E-state index < -0.39 is 0 Å². The van der Waals surface area contributed by atoms with E-state index in [1.54, 1.807) is 0 Å². The van der Waals surface area contributed by atoms with Crippen LogP contribution in [0, 0.1) is 17.8 Å². The van der Waals surface area contributed by atoms with Crippen LogP contribution in [0.3, 0.4) is 0 Å². The lowest BCUT2D eigenvalue weighted by molar-refractivity contribution is -0.124. The molecule has 2 N–H and O–H groups in total. The Morgan fingerprint density at radius 1 is 0.950 bits per heavy atom. The summed E-state index contributed by atoms with van der Waals surface area (Å²) >= 11 is 0. The maximum absolute atomic E-state index is 12.4. The number of halogens is 1. The average molecular weight is 299 g/mol. The van der Waals surface area contributed by atoms with Crippen molar-refractivity contribution >= 4 is 18.3 Å². The highest BCUT2D eigenvalue weighted by molar-refractivity contribution is 5.85. The first-order chi connectivity index (χ1) is 9.29. The van der Waals surface area contributed by atoms with E-state index in [1.807, 2.05) is 0 Å². The van der Waals surface area contributed by atoms with E-state index in [4.69, 9.17) is 0 Å². The molecular formula is C16H27ClN2O. The summed E-state index contributed by atoms with van der Waals surface area (Å²) in [5, 5.41) is 6.96. The lowest BCUT2D eigenvalue weighted by atomic mass is 9.85. The third-order valence-corrected chi connectivity index (χ3v) is 6.25. The summed E-state index contributed by atoms with van der Waals surface area (Å²) in [6, 6.07) is 1.23. The number of rotatable bonds is 2. The molecule has 114 valence electrons. The van der Waals surface area contributed by atoms with Gasteiger partial charge in [0.25, 0.3) is 0 Å². The summed E-state index contributed by atoms with van der Waals surface area (Å²) in [4.78, 5) is 12.4. The van der Waals surface area contributed by atoms with Crippen molar-refractivity contribution in [3.63, 3.8) is 0 Å². The van der Waals surface area contributed by atoms with Gasteiger partial charge in [-0.1, -0.05) is 19.3 Å². The zero-order chi connectivity index (χ0) is 12.8. The van der Waals surface area contributed by atoms with Gasteiger partial charge in [0.2, 0.25) is 5.91 Å². The number of hydrogen-bond donors (Lipinski definition) is 2. The van der Waals surface area contributed by atoms with E-state index in [-0.39, 0.29) is 18.4 Å². The second-order valence-corrected chi connectivity index (χ2v) is 7.40. The molecule has 4 aliphatic rings. The molecule has 0 radical (unpaired) electrons. The van der Waals surface area contributed by atoms with Crippen molar-refractivity contribution < 1.29 is 4.79 Å². The highest BCUT2D eigenvalue weighted by Gasteiger charge is 2.43. The van der Waals surface area contributed by atoms with Crippen LogP contribution in [0.25, 0.3) is 0 Å². The molecule has 0 spiro atoms. The summed E-state index contributed by atoms with van der Waals surface area (Å²) < 4.78 is 0. The van der Waals surface area contributed by atoms with E-state index in [0.717, 1.165) is 24.2 Å². The van der Waals surface area contributed by atoms with Crippen molar-refractivity contribution in [2.45, 2.75) is 75.9 Å². The highest BCUT2D eigenvalue weighted by atomic mass is 35.5. The van der Waals surface area contributed by atoms with Gasteiger partial charge >= 0.3 is 0 Å². The number of fused-ring (bicyclic) bond motifs is 3. The minimum Gasteiger partial charge on any atom is -0.352 e. The molecule has 0 aromatic heterocycles. The molecule has 20 heavy (non-hydrogen) atoms. The number of nitrogens with one attached hydrogen (secondary N) is 2. The second kappa shape index (κ2) is 5.84. The summed E-state index contributed by atoms with van der Waals surface area (Å²) in [6.07, 6.45) is 11.8. The zero-order valence-electron chi connectivity index (χ0n) is 12.1. The van der Waals surface area contributed by atoms with Gasteiger partial charge in [-0.15, -0.1) is 12.4 Å². The van der Waals surface area contributed by atoms with Gasteiger partial charge in [0.1, 0.15) is 0 Å². The monoisotopic (exact) mass is 298 g/mol. The van der Waals surface area contributed by atoms with E-state index in [2.05, 4.69) is 10.6 Å². The molecule has 1 heterocycles. The molecule has 0 aromatic rings. The minimum atomic E-state index is 0. The maximum Gasteiger partial charge on any atom is 0.237 e. The maximum atomic E-state index is 12.4. The Bertz CT molecular complexity index is 361. The first kappa shape index (κ1) is 14.6. The Labute approximate surface area is 128 Å². The number of carbonyl (C=O) groups excluding carboxylic acids is 1. The number of hydrogen-bond acceptors (Lipinski definition) is 2. The van der Waals surface area contributed by atoms with Crippen molar-refractivity contribution in [1.29, 1.82) is 0 Å². The average Bonchev–Trinajstić information content (AvgIpc) is 3.12. The lowest BCUT2D eigenvalue weighted by Crippen LogP contribution is -2.48. The number of carbonyl (C=O) groups is 1. The molecule has 3 saturated carbocycles. The molecule has 6 unspecified atom stereocenters. The van der Waals surface area contributed by atoms with Gasteiger partial charge in [-0.05, 0) is 56.3 Å². The molecular weight excluding hydrogens is 272 g/mol. The Hall–Kier alpha value is -0.280. The minimum absolute atomic E-state index is 0. The van der Waals surface area contributed by atoms with Gasteiger partial charge < -0.3 is 10.6 Å². The van der Waals surface area contributed by atoms with E-state index >= 15 is 0 Å². The fraction of sp³-hybridized carbons (Fsp3) is 0.938. The van der Waals surface area contributed by atoms with Gasteiger partial charge in [0.15, 0.2) is 0 Å². The van der Waals surface area contributed by atoms with Crippen LogP contribution >= 0.6 is 12.4 Å². The molecule has 0 aromatic carbocycles. The van der Waals surface area contributed by atoms with Crippen molar-refractivity contribution in [2.75, 3.05) is 0 Å². The standard InChI is InChI=1S/C16H26N2O.ClH/c19-16(18-14-8-10-5-6-12(14)7-10)15-9-11-3-1-2-4-13(11)17-15;/h10-15,17H,1-9H2,(H,18,19);1H. The third kappa shape index (κ3) is 2.59. The van der Waals surface area contributed by atoms with Gasteiger partial charge in [0, 0.05) is 12.1 Å². The number of amides is 1.